The molecule has 1 aliphatic rings. The minimum absolute atomic E-state index is 0.0298. The van der Waals surface area contributed by atoms with E-state index in [1.54, 1.807) is 18.7 Å². The molecule has 0 aliphatic heterocycles. The Kier molecular flexibility index (Phi) is 6.06. The quantitative estimate of drug-likeness (QED) is 0.655. The molecule has 0 radical (unpaired) electrons. The Labute approximate surface area is 181 Å². The van der Waals surface area contributed by atoms with E-state index in [-0.39, 0.29) is 23.2 Å². The minimum atomic E-state index is -0.201. The lowest BCUT2D eigenvalue weighted by Gasteiger charge is -2.27. The van der Waals surface area contributed by atoms with Crippen molar-refractivity contribution in [3.05, 3.63) is 51.4 Å². The highest BCUT2D eigenvalue weighted by Gasteiger charge is 2.29. The zero-order valence-corrected chi connectivity index (χ0v) is 18.4. The molecule has 1 saturated carbocycles. The van der Waals surface area contributed by atoms with E-state index in [0.717, 1.165) is 37.0 Å². The molecule has 2 aromatic heterocycles. The lowest BCUT2D eigenvalue weighted by atomic mass is 9.88. The monoisotopic (exact) mass is 423 g/mol. The molecule has 31 heavy (non-hydrogen) atoms. The predicted molar refractivity (Wildman–Crippen MR) is 118 cm³/mol. The molecule has 1 aromatic carbocycles. The lowest BCUT2D eigenvalue weighted by molar-refractivity contribution is -0.123. The van der Waals surface area contributed by atoms with Crippen molar-refractivity contribution in [2.75, 3.05) is 11.5 Å². The average molecular weight is 424 g/mol. The van der Waals surface area contributed by atoms with Crippen LogP contribution in [-0.4, -0.2) is 32.1 Å². The Morgan fingerprint density at radius 1 is 1.16 bits per heavy atom. The van der Waals surface area contributed by atoms with Crippen LogP contribution in [0.5, 0.6) is 5.75 Å². The number of amides is 1. The van der Waals surface area contributed by atoms with Crippen molar-refractivity contribution in [3.63, 3.8) is 0 Å². The second kappa shape index (κ2) is 8.91. The number of hydrogen-bond donors (Lipinski definition) is 1. The molecule has 164 valence electrons. The molecule has 0 unspecified atom stereocenters. The maximum Gasteiger partial charge on any atom is 0.277 e. The van der Waals surface area contributed by atoms with Gasteiger partial charge >= 0.3 is 0 Å². The van der Waals surface area contributed by atoms with Crippen LogP contribution in [0.15, 0.2) is 29.1 Å². The summed E-state index contributed by atoms with van der Waals surface area (Å²) in [5.74, 6) is 1.42. The van der Waals surface area contributed by atoms with Gasteiger partial charge in [-0.1, -0.05) is 31.4 Å². The van der Waals surface area contributed by atoms with E-state index in [1.165, 1.54) is 10.9 Å². The predicted octanol–water partition coefficient (Wildman–Crippen LogP) is 3.55. The van der Waals surface area contributed by atoms with Gasteiger partial charge in [0.1, 0.15) is 5.75 Å². The van der Waals surface area contributed by atoms with E-state index < -0.39 is 0 Å². The summed E-state index contributed by atoms with van der Waals surface area (Å²) in [5.41, 5.74) is 1.96. The largest absolute Gasteiger partial charge is 0.494 e. The molecule has 0 spiro atoms. The van der Waals surface area contributed by atoms with Gasteiger partial charge in [-0.2, -0.15) is 9.50 Å². The van der Waals surface area contributed by atoms with Gasteiger partial charge in [-0.15, -0.1) is 0 Å². The van der Waals surface area contributed by atoms with Crippen LogP contribution in [0.25, 0.3) is 5.78 Å². The lowest BCUT2D eigenvalue weighted by Crippen LogP contribution is -2.37. The van der Waals surface area contributed by atoms with Crippen molar-refractivity contribution >= 4 is 17.6 Å². The number of aromatic amines is 1. The molecule has 1 N–H and O–H groups in total. The number of H-pyrrole nitrogens is 1. The van der Waals surface area contributed by atoms with Crippen LogP contribution in [0.4, 0.5) is 5.95 Å². The molecule has 8 nitrogen and oxygen atoms in total. The number of fused-ring (bicyclic) bond motifs is 1. The van der Waals surface area contributed by atoms with Crippen LogP contribution >= 0.6 is 0 Å². The van der Waals surface area contributed by atoms with Gasteiger partial charge in [0.05, 0.1) is 13.2 Å². The Bertz CT molecular complexity index is 1130. The smallest absolute Gasteiger partial charge is 0.277 e. The molecular formula is C23H29N5O3. The molecule has 8 heteroatoms. The third-order valence-corrected chi connectivity index (χ3v) is 6.00. The van der Waals surface area contributed by atoms with Crippen LogP contribution in [0.1, 0.15) is 55.8 Å². The van der Waals surface area contributed by atoms with E-state index >= 15 is 0 Å². The summed E-state index contributed by atoms with van der Waals surface area (Å²) >= 11 is 0. The molecule has 1 amide bonds. The van der Waals surface area contributed by atoms with Gasteiger partial charge in [-0.3, -0.25) is 19.6 Å². The van der Waals surface area contributed by atoms with Crippen molar-refractivity contribution in [3.8, 4) is 5.75 Å². The van der Waals surface area contributed by atoms with Gasteiger partial charge in [0.2, 0.25) is 11.9 Å². The summed E-state index contributed by atoms with van der Waals surface area (Å²) < 4.78 is 6.84. The summed E-state index contributed by atoms with van der Waals surface area (Å²) in [6.07, 6.45) is 5.06. The molecule has 1 fully saturated rings. The SMILES string of the molecule is CCOc1ccc(CN(C(=O)C2CCCCC2)c2nc3nc(C)c(C)c(=O)n3[nH]2)cc1. The van der Waals surface area contributed by atoms with E-state index in [4.69, 9.17) is 4.74 Å². The minimum Gasteiger partial charge on any atom is -0.494 e. The van der Waals surface area contributed by atoms with Crippen LogP contribution in [-0.2, 0) is 11.3 Å². The fourth-order valence-electron chi connectivity index (χ4n) is 4.08. The van der Waals surface area contributed by atoms with Gasteiger partial charge in [-0.05, 0) is 51.3 Å². The highest BCUT2D eigenvalue weighted by atomic mass is 16.5. The number of carbonyl (C=O) groups is 1. The number of benzene rings is 1. The second-order valence-corrected chi connectivity index (χ2v) is 8.15. The van der Waals surface area contributed by atoms with Crippen LogP contribution in [0, 0.1) is 19.8 Å². The van der Waals surface area contributed by atoms with E-state index in [0.29, 0.717) is 30.4 Å². The van der Waals surface area contributed by atoms with Crippen molar-refractivity contribution in [1.29, 1.82) is 0 Å². The van der Waals surface area contributed by atoms with E-state index in [1.807, 2.05) is 31.2 Å². The Morgan fingerprint density at radius 2 is 1.87 bits per heavy atom. The van der Waals surface area contributed by atoms with Gasteiger partial charge in [0, 0.05) is 17.2 Å². The molecule has 0 atom stereocenters. The Morgan fingerprint density at radius 3 is 2.55 bits per heavy atom. The number of carbonyl (C=O) groups excluding carboxylic acids is 1. The number of anilines is 1. The zero-order chi connectivity index (χ0) is 22.0. The number of nitrogens with one attached hydrogen (secondary N) is 1. The van der Waals surface area contributed by atoms with Gasteiger partial charge < -0.3 is 4.74 Å². The molecule has 0 saturated heterocycles. The maximum atomic E-state index is 13.5. The molecule has 3 aromatic rings. The molecule has 1 aliphatic carbocycles. The number of nitrogens with zero attached hydrogens (tertiary/aromatic N) is 4. The number of aromatic nitrogens is 4. The first kappa shape index (κ1) is 21.1. The summed E-state index contributed by atoms with van der Waals surface area (Å²) in [4.78, 5) is 36.7. The van der Waals surface area contributed by atoms with Crippen LogP contribution in [0.2, 0.25) is 0 Å². The molecule has 4 rings (SSSR count). The average Bonchev–Trinajstić information content (AvgIpc) is 3.21. The van der Waals surface area contributed by atoms with Crippen molar-refractivity contribution in [2.24, 2.45) is 5.92 Å². The van der Waals surface area contributed by atoms with Gasteiger partial charge in [0.15, 0.2) is 0 Å². The van der Waals surface area contributed by atoms with Crippen LogP contribution in [0.3, 0.4) is 0 Å². The topological polar surface area (TPSA) is 92.6 Å². The fourth-order valence-corrected chi connectivity index (χ4v) is 4.08. The number of hydrogen-bond acceptors (Lipinski definition) is 5. The number of ether oxygens (including phenoxy) is 1. The second-order valence-electron chi connectivity index (χ2n) is 8.15. The Hall–Kier alpha value is -3.16. The van der Waals surface area contributed by atoms with Crippen molar-refractivity contribution in [1.82, 2.24) is 19.6 Å². The van der Waals surface area contributed by atoms with Crippen molar-refractivity contribution < 1.29 is 9.53 Å². The standard InChI is InChI=1S/C23H29N5O3/c1-4-31-19-12-10-17(11-13-19)14-27(21(30)18-8-6-5-7-9-18)23-25-22-24-16(3)15(2)20(29)28(22)26-23/h10-13,18H,4-9,14H2,1-3H3,(H,24,25,26). The zero-order valence-electron chi connectivity index (χ0n) is 18.4. The molecular weight excluding hydrogens is 394 g/mol. The summed E-state index contributed by atoms with van der Waals surface area (Å²) in [6, 6.07) is 7.71. The van der Waals surface area contributed by atoms with Crippen LogP contribution < -0.4 is 15.2 Å². The number of aryl methyl sites for hydroxylation is 1. The maximum absolute atomic E-state index is 13.5. The first-order valence-electron chi connectivity index (χ1n) is 11.0. The van der Waals surface area contributed by atoms with Crippen molar-refractivity contribution in [2.45, 2.75) is 59.4 Å². The summed E-state index contributed by atoms with van der Waals surface area (Å²) in [7, 11) is 0. The molecule has 0 bridgehead atoms. The third kappa shape index (κ3) is 4.33. The summed E-state index contributed by atoms with van der Waals surface area (Å²) in [6.45, 7) is 6.43. The van der Waals surface area contributed by atoms with E-state index in [2.05, 4.69) is 15.1 Å². The van der Waals surface area contributed by atoms with E-state index in [9.17, 15) is 9.59 Å². The molecule has 2 heterocycles. The highest BCUT2D eigenvalue weighted by molar-refractivity contribution is 5.93. The first-order chi connectivity index (χ1) is 15.0. The Balaban J connectivity index is 1.71. The summed E-state index contributed by atoms with van der Waals surface area (Å²) in [5, 5.41) is 3.01. The van der Waals surface area contributed by atoms with Gasteiger partial charge in [0.25, 0.3) is 11.3 Å². The third-order valence-electron chi connectivity index (χ3n) is 6.00. The number of rotatable bonds is 6. The van der Waals surface area contributed by atoms with Gasteiger partial charge in [-0.25, -0.2) is 4.98 Å². The fraction of sp³-hybridized carbons (Fsp3) is 0.478. The first-order valence-corrected chi connectivity index (χ1v) is 11.0. The highest BCUT2D eigenvalue weighted by Crippen LogP contribution is 2.28. The normalized spacial score (nSPS) is 14.7.